The Bertz CT molecular complexity index is 536. The largest absolute Gasteiger partial charge is 0.396 e. The van der Waals surface area contributed by atoms with E-state index in [0.717, 1.165) is 12.8 Å². The van der Waals surface area contributed by atoms with Gasteiger partial charge in [0.15, 0.2) is 0 Å². The standard InChI is InChI=1S/C20H28O2/c1-14-11-15(2)20(12-21)13-22-18(19(14)16(20)3)10-9-17-7-5-4-6-8-17/h4-8,11,15-16,18-19,21H,9-10,12-13H2,1-3H3/t15-,16+,18-,19-,20+/m0/s1. The van der Waals surface area contributed by atoms with Crippen LogP contribution in [0.2, 0.25) is 0 Å². The minimum atomic E-state index is -0.0899. The van der Waals surface area contributed by atoms with E-state index in [1.54, 1.807) is 0 Å². The summed E-state index contributed by atoms with van der Waals surface area (Å²) < 4.78 is 6.27. The summed E-state index contributed by atoms with van der Waals surface area (Å²) in [5.41, 5.74) is 2.73. The van der Waals surface area contributed by atoms with Crippen LogP contribution in [0.25, 0.3) is 0 Å². The summed E-state index contributed by atoms with van der Waals surface area (Å²) in [5.74, 6) is 1.31. The SMILES string of the molecule is CC1=C[C@H](C)[C@@]2(CO)CO[C@@H](CCc3ccccc3)[C@@H]1[C@H]2C. The normalized spacial score (nSPS) is 37.7. The third-order valence-electron chi connectivity index (χ3n) is 6.21. The van der Waals surface area contributed by atoms with Crippen LogP contribution >= 0.6 is 0 Å². The molecule has 1 aliphatic carbocycles. The van der Waals surface area contributed by atoms with Gasteiger partial charge in [-0.25, -0.2) is 0 Å². The van der Waals surface area contributed by atoms with E-state index in [4.69, 9.17) is 4.74 Å². The third-order valence-corrected chi connectivity index (χ3v) is 6.21. The fraction of sp³-hybridized carbons (Fsp3) is 0.600. The van der Waals surface area contributed by atoms with Crippen molar-refractivity contribution in [1.82, 2.24) is 0 Å². The first kappa shape index (κ1) is 15.8. The molecule has 0 amide bonds. The van der Waals surface area contributed by atoms with E-state index in [2.05, 4.69) is 57.2 Å². The molecule has 1 N–H and O–H groups in total. The van der Waals surface area contributed by atoms with Gasteiger partial charge in [0.25, 0.3) is 0 Å². The van der Waals surface area contributed by atoms with Crippen LogP contribution in [0.4, 0.5) is 0 Å². The molecule has 5 atom stereocenters. The highest BCUT2D eigenvalue weighted by atomic mass is 16.5. The second kappa shape index (κ2) is 6.17. The molecule has 1 fully saturated rings. The Hall–Kier alpha value is -1.12. The highest BCUT2D eigenvalue weighted by Crippen LogP contribution is 2.52. The molecule has 2 nitrogen and oxygen atoms in total. The first-order valence-electron chi connectivity index (χ1n) is 8.53. The molecule has 1 saturated heterocycles. The Morgan fingerprint density at radius 1 is 1.23 bits per heavy atom. The summed E-state index contributed by atoms with van der Waals surface area (Å²) >= 11 is 0. The molecule has 1 heterocycles. The molecule has 0 unspecified atom stereocenters. The van der Waals surface area contributed by atoms with Crippen molar-refractivity contribution in [1.29, 1.82) is 0 Å². The van der Waals surface area contributed by atoms with Crippen LogP contribution in [0.5, 0.6) is 0 Å². The Morgan fingerprint density at radius 3 is 2.64 bits per heavy atom. The maximum Gasteiger partial charge on any atom is 0.0646 e. The molecule has 2 heteroatoms. The molecule has 22 heavy (non-hydrogen) atoms. The molecule has 0 spiro atoms. The lowest BCUT2D eigenvalue weighted by atomic mass is 9.56. The molecule has 1 aliphatic heterocycles. The van der Waals surface area contributed by atoms with Crippen molar-refractivity contribution in [2.45, 2.75) is 39.7 Å². The van der Waals surface area contributed by atoms with E-state index in [1.807, 2.05) is 0 Å². The molecule has 3 rings (SSSR count). The zero-order valence-electron chi connectivity index (χ0n) is 14.0. The summed E-state index contributed by atoms with van der Waals surface area (Å²) in [5, 5.41) is 10.0. The van der Waals surface area contributed by atoms with Crippen LogP contribution in [0.1, 0.15) is 32.8 Å². The molecule has 0 aromatic heterocycles. The Kier molecular flexibility index (Phi) is 4.42. The van der Waals surface area contributed by atoms with E-state index in [9.17, 15) is 5.11 Å². The van der Waals surface area contributed by atoms with Crippen LogP contribution in [0.15, 0.2) is 42.0 Å². The smallest absolute Gasteiger partial charge is 0.0646 e. The number of aryl methyl sites for hydroxylation is 1. The first-order valence-corrected chi connectivity index (χ1v) is 8.53. The Labute approximate surface area is 134 Å². The number of ether oxygens (including phenoxy) is 1. The van der Waals surface area contributed by atoms with Gasteiger partial charge in [0.2, 0.25) is 0 Å². The second-order valence-electron chi connectivity index (χ2n) is 7.28. The van der Waals surface area contributed by atoms with E-state index in [-0.39, 0.29) is 18.1 Å². The zero-order chi connectivity index (χ0) is 15.7. The quantitative estimate of drug-likeness (QED) is 0.856. The van der Waals surface area contributed by atoms with Crippen LogP contribution in [-0.2, 0) is 11.2 Å². The van der Waals surface area contributed by atoms with Gasteiger partial charge in [-0.05, 0) is 37.2 Å². The number of rotatable bonds is 4. The van der Waals surface area contributed by atoms with Crippen molar-refractivity contribution in [3.05, 3.63) is 47.5 Å². The first-order chi connectivity index (χ1) is 10.6. The number of aliphatic hydroxyl groups excluding tert-OH is 1. The van der Waals surface area contributed by atoms with Gasteiger partial charge in [-0.2, -0.15) is 0 Å². The van der Waals surface area contributed by atoms with Gasteiger partial charge in [0, 0.05) is 11.3 Å². The topological polar surface area (TPSA) is 29.5 Å². The van der Waals surface area contributed by atoms with Crippen LogP contribution in [-0.4, -0.2) is 24.4 Å². The van der Waals surface area contributed by atoms with E-state index < -0.39 is 0 Å². The summed E-state index contributed by atoms with van der Waals surface area (Å²) in [4.78, 5) is 0. The number of aliphatic hydroxyl groups is 1. The van der Waals surface area contributed by atoms with Gasteiger partial charge in [0.1, 0.15) is 0 Å². The number of fused-ring (bicyclic) bond motifs is 2. The van der Waals surface area contributed by atoms with Crippen molar-refractivity contribution in [3.63, 3.8) is 0 Å². The van der Waals surface area contributed by atoms with E-state index in [1.165, 1.54) is 11.1 Å². The Morgan fingerprint density at radius 2 is 1.95 bits per heavy atom. The predicted octanol–water partition coefficient (Wildman–Crippen LogP) is 3.85. The maximum atomic E-state index is 10.0. The third kappa shape index (κ3) is 2.53. The maximum absolute atomic E-state index is 10.0. The zero-order valence-corrected chi connectivity index (χ0v) is 14.0. The molecular weight excluding hydrogens is 272 g/mol. The van der Waals surface area contributed by atoms with Crippen LogP contribution in [0, 0.1) is 23.2 Å². The van der Waals surface area contributed by atoms with Gasteiger partial charge >= 0.3 is 0 Å². The molecule has 120 valence electrons. The molecule has 2 bridgehead atoms. The molecule has 1 aromatic carbocycles. The van der Waals surface area contributed by atoms with Crippen molar-refractivity contribution in [2.24, 2.45) is 23.2 Å². The molecule has 2 aliphatic rings. The van der Waals surface area contributed by atoms with Gasteiger partial charge in [-0.15, -0.1) is 0 Å². The highest BCUT2D eigenvalue weighted by molar-refractivity contribution is 5.21. The van der Waals surface area contributed by atoms with Crippen molar-refractivity contribution >= 4 is 0 Å². The summed E-state index contributed by atoms with van der Waals surface area (Å²) in [7, 11) is 0. The highest BCUT2D eigenvalue weighted by Gasteiger charge is 2.52. The molecule has 0 radical (unpaired) electrons. The fourth-order valence-corrected chi connectivity index (χ4v) is 4.63. The number of hydrogen-bond acceptors (Lipinski definition) is 2. The van der Waals surface area contributed by atoms with Gasteiger partial charge in [-0.3, -0.25) is 0 Å². The molecular formula is C20H28O2. The van der Waals surface area contributed by atoms with Gasteiger partial charge < -0.3 is 9.84 Å². The summed E-state index contributed by atoms with van der Waals surface area (Å²) in [6, 6.07) is 10.6. The lowest BCUT2D eigenvalue weighted by molar-refractivity contribution is -0.164. The van der Waals surface area contributed by atoms with E-state index in [0.29, 0.717) is 24.4 Å². The average molecular weight is 300 g/mol. The Balaban J connectivity index is 1.77. The minimum Gasteiger partial charge on any atom is -0.396 e. The van der Waals surface area contributed by atoms with Crippen molar-refractivity contribution < 1.29 is 9.84 Å². The number of hydrogen-bond donors (Lipinski definition) is 1. The van der Waals surface area contributed by atoms with E-state index >= 15 is 0 Å². The summed E-state index contributed by atoms with van der Waals surface area (Å²) in [6.45, 7) is 7.68. The van der Waals surface area contributed by atoms with Crippen LogP contribution in [0.3, 0.4) is 0 Å². The molecule has 0 saturated carbocycles. The van der Waals surface area contributed by atoms with Gasteiger partial charge in [-0.1, -0.05) is 55.8 Å². The second-order valence-corrected chi connectivity index (χ2v) is 7.28. The monoisotopic (exact) mass is 300 g/mol. The predicted molar refractivity (Wildman–Crippen MR) is 89.6 cm³/mol. The lowest BCUT2D eigenvalue weighted by Crippen LogP contribution is -2.56. The number of allylic oxidation sites excluding steroid dienone is 1. The summed E-state index contributed by atoms with van der Waals surface area (Å²) in [6.07, 6.45) is 4.77. The minimum absolute atomic E-state index is 0.0899. The number of benzene rings is 1. The van der Waals surface area contributed by atoms with Crippen LogP contribution < -0.4 is 0 Å². The fourth-order valence-electron chi connectivity index (χ4n) is 4.63. The van der Waals surface area contributed by atoms with Crippen molar-refractivity contribution in [2.75, 3.05) is 13.2 Å². The van der Waals surface area contributed by atoms with Crippen molar-refractivity contribution in [3.8, 4) is 0 Å². The average Bonchev–Trinajstić information content (AvgIpc) is 2.52. The molecule has 1 aromatic rings. The van der Waals surface area contributed by atoms with Gasteiger partial charge in [0.05, 0.1) is 19.3 Å². The lowest BCUT2D eigenvalue weighted by Gasteiger charge is -2.55.